The fourth-order valence-electron chi connectivity index (χ4n) is 6.05. The Hall–Kier alpha value is -1.95. The van der Waals surface area contributed by atoms with E-state index in [2.05, 4.69) is 35.5 Å². The molecule has 3 aliphatic rings. The van der Waals surface area contributed by atoms with Gasteiger partial charge in [0, 0.05) is 15.8 Å². The second-order valence-electron chi connectivity index (χ2n) is 9.90. The number of esters is 1. The Morgan fingerprint density at radius 3 is 2.81 bits per heavy atom. The Bertz CT molecular complexity index is 1020. The number of aliphatic hydroxyl groups excluding tert-OH is 2. The number of benzene rings is 1. The zero-order chi connectivity index (χ0) is 23.1. The number of halogens is 1. The van der Waals surface area contributed by atoms with Gasteiger partial charge < -0.3 is 14.9 Å². The van der Waals surface area contributed by atoms with E-state index in [4.69, 9.17) is 4.74 Å². The van der Waals surface area contributed by atoms with E-state index in [-0.39, 0.29) is 29.8 Å². The molecule has 1 aromatic rings. The van der Waals surface area contributed by atoms with Crippen molar-refractivity contribution in [1.82, 2.24) is 0 Å². The normalized spacial score (nSPS) is 36.3. The maximum absolute atomic E-state index is 12.5. The zero-order valence-electron chi connectivity index (χ0n) is 18.7. The Labute approximate surface area is 198 Å². The minimum Gasteiger partial charge on any atom is -0.423 e. The van der Waals surface area contributed by atoms with E-state index >= 15 is 0 Å². The van der Waals surface area contributed by atoms with Crippen LogP contribution >= 0.6 is 15.9 Å². The summed E-state index contributed by atoms with van der Waals surface area (Å²) in [6.07, 6.45) is 10.3. The first-order chi connectivity index (χ1) is 15.2. The van der Waals surface area contributed by atoms with E-state index < -0.39 is 11.5 Å². The van der Waals surface area contributed by atoms with Crippen LogP contribution in [-0.2, 0) is 9.53 Å². The standard InChI is InChI=1S/C27H31BrO4/c1-17-7-10-23-26(2,12-11-24(30)27(23,3)16-29)22(17)9-8-19-15-21(32-25(19)31)14-18-5-4-6-20(28)13-18/h4-6,8-9,13-15,22-24,29-30H,1,7,10-12,16H2,2-3H3/b9-8+,21-14-/t22-,23+,24-,26+,27+/m1/s1. The van der Waals surface area contributed by atoms with Gasteiger partial charge in [-0.15, -0.1) is 0 Å². The Morgan fingerprint density at radius 2 is 2.09 bits per heavy atom. The summed E-state index contributed by atoms with van der Waals surface area (Å²) in [5.41, 5.74) is 1.97. The van der Waals surface area contributed by atoms with Gasteiger partial charge in [0.25, 0.3) is 0 Å². The van der Waals surface area contributed by atoms with Gasteiger partial charge in [-0.2, -0.15) is 0 Å². The number of fused-ring (bicyclic) bond motifs is 1. The van der Waals surface area contributed by atoms with Crippen LogP contribution in [0.5, 0.6) is 0 Å². The van der Waals surface area contributed by atoms with Crippen molar-refractivity contribution < 1.29 is 19.7 Å². The Morgan fingerprint density at radius 1 is 1.31 bits per heavy atom. The van der Waals surface area contributed by atoms with Crippen LogP contribution in [0.1, 0.15) is 45.1 Å². The lowest BCUT2D eigenvalue weighted by Crippen LogP contribution is -2.57. The van der Waals surface area contributed by atoms with Crippen molar-refractivity contribution in [3.05, 3.63) is 76.0 Å². The molecule has 170 valence electrons. The average molecular weight is 499 g/mol. The zero-order valence-corrected chi connectivity index (χ0v) is 20.3. The van der Waals surface area contributed by atoms with E-state index in [1.807, 2.05) is 43.3 Å². The van der Waals surface area contributed by atoms with Gasteiger partial charge in [0.05, 0.1) is 18.3 Å². The number of ether oxygens (including phenoxy) is 1. The third-order valence-electron chi connectivity index (χ3n) is 7.92. The summed E-state index contributed by atoms with van der Waals surface area (Å²) in [6.45, 7) is 8.56. The lowest BCUT2D eigenvalue weighted by atomic mass is 9.46. The van der Waals surface area contributed by atoms with Crippen molar-refractivity contribution in [3.63, 3.8) is 0 Å². The minimum atomic E-state index is -0.523. The van der Waals surface area contributed by atoms with Gasteiger partial charge in [0.15, 0.2) is 0 Å². The fourth-order valence-corrected chi connectivity index (χ4v) is 6.46. The van der Waals surface area contributed by atoms with Crippen LogP contribution in [0.2, 0.25) is 0 Å². The van der Waals surface area contributed by atoms with Crippen LogP contribution in [0, 0.1) is 22.7 Å². The van der Waals surface area contributed by atoms with Gasteiger partial charge in [-0.05, 0) is 66.9 Å². The van der Waals surface area contributed by atoms with Gasteiger partial charge in [-0.3, -0.25) is 0 Å². The van der Waals surface area contributed by atoms with E-state index in [0.717, 1.165) is 34.9 Å². The average Bonchev–Trinajstić information content (AvgIpc) is 3.09. The number of hydrogen-bond acceptors (Lipinski definition) is 4. The predicted octanol–water partition coefficient (Wildman–Crippen LogP) is 5.57. The molecule has 0 bridgehead atoms. The van der Waals surface area contributed by atoms with Crippen LogP contribution in [0.3, 0.4) is 0 Å². The highest BCUT2D eigenvalue weighted by Gasteiger charge is 2.57. The molecule has 2 saturated carbocycles. The highest BCUT2D eigenvalue weighted by atomic mass is 79.9. The number of carbonyl (C=O) groups is 1. The summed E-state index contributed by atoms with van der Waals surface area (Å²) in [4.78, 5) is 12.5. The van der Waals surface area contributed by atoms with Crippen LogP contribution in [0.15, 0.2) is 70.5 Å². The van der Waals surface area contributed by atoms with Crippen LogP contribution in [0.4, 0.5) is 0 Å². The first kappa shape index (κ1) is 23.2. The van der Waals surface area contributed by atoms with Crippen LogP contribution in [0.25, 0.3) is 6.08 Å². The van der Waals surface area contributed by atoms with Crippen LogP contribution in [-0.4, -0.2) is 28.9 Å². The van der Waals surface area contributed by atoms with Crippen molar-refractivity contribution in [3.8, 4) is 0 Å². The topological polar surface area (TPSA) is 66.8 Å². The van der Waals surface area contributed by atoms with Crippen LogP contribution < -0.4 is 0 Å². The molecule has 4 nitrogen and oxygen atoms in total. The molecule has 4 rings (SSSR count). The molecule has 0 aromatic heterocycles. The Kier molecular flexibility index (Phi) is 6.36. The summed E-state index contributed by atoms with van der Waals surface area (Å²) < 4.78 is 6.42. The summed E-state index contributed by atoms with van der Waals surface area (Å²) in [5.74, 6) is 0.421. The molecule has 32 heavy (non-hydrogen) atoms. The molecule has 1 aliphatic heterocycles. The van der Waals surface area contributed by atoms with Crippen molar-refractivity contribution in [2.45, 2.75) is 45.6 Å². The molecule has 1 aromatic carbocycles. The lowest BCUT2D eigenvalue weighted by molar-refractivity contribution is -0.145. The molecule has 0 spiro atoms. The highest BCUT2D eigenvalue weighted by molar-refractivity contribution is 9.10. The first-order valence-corrected chi connectivity index (χ1v) is 12.0. The number of carbonyl (C=O) groups excluding carboxylic acids is 1. The number of allylic oxidation sites excluding steroid dienone is 3. The van der Waals surface area contributed by atoms with E-state index in [9.17, 15) is 15.0 Å². The monoisotopic (exact) mass is 498 g/mol. The summed E-state index contributed by atoms with van der Waals surface area (Å²) in [6, 6.07) is 7.80. The quantitative estimate of drug-likeness (QED) is 0.420. The van der Waals surface area contributed by atoms with Crippen molar-refractivity contribution in [2.75, 3.05) is 6.61 Å². The maximum Gasteiger partial charge on any atom is 0.343 e. The van der Waals surface area contributed by atoms with E-state index in [0.29, 0.717) is 17.8 Å². The largest absolute Gasteiger partial charge is 0.423 e. The van der Waals surface area contributed by atoms with Gasteiger partial charge in [-0.1, -0.05) is 66.2 Å². The second kappa shape index (κ2) is 8.77. The summed E-state index contributed by atoms with van der Waals surface area (Å²) in [7, 11) is 0. The molecular formula is C27H31BrO4. The van der Waals surface area contributed by atoms with Crippen molar-refractivity contribution in [1.29, 1.82) is 0 Å². The molecule has 5 atom stereocenters. The molecule has 2 fully saturated rings. The lowest BCUT2D eigenvalue weighted by Gasteiger charge is -2.59. The molecule has 2 aliphatic carbocycles. The Balaban J connectivity index is 1.60. The molecule has 2 N–H and O–H groups in total. The van der Waals surface area contributed by atoms with Gasteiger partial charge >= 0.3 is 5.97 Å². The SMILES string of the molecule is C=C1CC[C@@H]2[C@](C)(CO)[C@H](O)CC[C@@]2(C)[C@@H]1/C=C/C1=CC(=C/c2cccc(Br)c2)/OC1=O. The summed E-state index contributed by atoms with van der Waals surface area (Å²) >= 11 is 3.46. The van der Waals surface area contributed by atoms with Gasteiger partial charge in [0.1, 0.15) is 5.76 Å². The molecule has 5 heteroatoms. The maximum atomic E-state index is 12.5. The molecule has 0 saturated heterocycles. The van der Waals surface area contributed by atoms with Gasteiger partial charge in [-0.25, -0.2) is 4.79 Å². The number of cyclic esters (lactones) is 1. The third kappa shape index (κ3) is 4.07. The molecule has 0 unspecified atom stereocenters. The number of hydrogen-bond donors (Lipinski definition) is 2. The number of aliphatic hydroxyl groups is 2. The first-order valence-electron chi connectivity index (χ1n) is 11.2. The fraction of sp³-hybridized carbons (Fsp3) is 0.444. The summed E-state index contributed by atoms with van der Waals surface area (Å²) in [5, 5.41) is 20.8. The molecule has 1 heterocycles. The molecule has 0 radical (unpaired) electrons. The second-order valence-corrected chi connectivity index (χ2v) is 10.8. The smallest absolute Gasteiger partial charge is 0.343 e. The minimum absolute atomic E-state index is 0.0292. The third-order valence-corrected chi connectivity index (χ3v) is 8.42. The van der Waals surface area contributed by atoms with E-state index in [1.165, 1.54) is 0 Å². The van der Waals surface area contributed by atoms with Crippen molar-refractivity contribution >= 4 is 28.0 Å². The van der Waals surface area contributed by atoms with E-state index in [1.54, 1.807) is 6.08 Å². The number of rotatable bonds is 4. The predicted molar refractivity (Wildman–Crippen MR) is 129 cm³/mol. The highest BCUT2D eigenvalue weighted by Crippen LogP contribution is 2.61. The van der Waals surface area contributed by atoms with Gasteiger partial charge in [0.2, 0.25) is 0 Å². The van der Waals surface area contributed by atoms with Crippen molar-refractivity contribution in [2.24, 2.45) is 22.7 Å². The molecular weight excluding hydrogens is 468 g/mol. The molecule has 0 amide bonds.